The van der Waals surface area contributed by atoms with Gasteiger partial charge in [0.05, 0.1) is 23.3 Å². The molecular formula is C34H44N2O4. The molecule has 3 aromatic rings. The van der Waals surface area contributed by atoms with E-state index in [0.717, 1.165) is 42.4 Å². The molecule has 3 rings (SSSR count). The zero-order valence-electron chi connectivity index (χ0n) is 24.5. The molecule has 40 heavy (non-hydrogen) atoms. The molecule has 0 aliphatic carbocycles. The molecule has 2 atom stereocenters. The molecule has 2 aromatic carbocycles. The number of benzene rings is 2. The van der Waals surface area contributed by atoms with Crippen molar-refractivity contribution in [2.45, 2.75) is 104 Å². The number of carbonyl (C=O) groups excluding carboxylic acids is 2. The molecule has 0 saturated carbocycles. The number of ether oxygens (including phenoxy) is 2. The topological polar surface area (TPSA) is 78.4 Å². The monoisotopic (exact) mass is 544 g/mol. The van der Waals surface area contributed by atoms with E-state index in [-0.39, 0.29) is 24.1 Å². The number of hydrogen-bond acceptors (Lipinski definition) is 6. The fraction of sp³-hybridized carbons (Fsp3) is 0.471. The molecular weight excluding hydrogens is 500 g/mol. The van der Waals surface area contributed by atoms with Crippen molar-refractivity contribution in [3.8, 4) is 22.5 Å². The second kappa shape index (κ2) is 16.5. The van der Waals surface area contributed by atoms with Gasteiger partial charge in [0.25, 0.3) is 0 Å². The van der Waals surface area contributed by atoms with E-state index in [1.807, 2.05) is 38.1 Å². The summed E-state index contributed by atoms with van der Waals surface area (Å²) in [5.41, 5.74) is 3.63. The third-order valence-electron chi connectivity index (χ3n) is 7.03. The lowest BCUT2D eigenvalue weighted by Crippen LogP contribution is -2.15. The van der Waals surface area contributed by atoms with Crippen molar-refractivity contribution in [3.63, 3.8) is 0 Å². The first kappa shape index (κ1) is 31.0. The Bertz CT molecular complexity index is 1080. The van der Waals surface area contributed by atoms with Crippen LogP contribution in [0.25, 0.3) is 22.5 Å². The number of carbonyl (C=O) groups is 2. The van der Waals surface area contributed by atoms with E-state index < -0.39 is 0 Å². The SMILES string of the molecule is CCCCCC[C@@H](C)OC(=O)c1ccc(-c2cnc(-c3ccc(C(=O)O[C@H](C)CCCCCC)cc3)nc2)cc1. The zero-order chi connectivity index (χ0) is 28.7. The highest BCUT2D eigenvalue weighted by Crippen LogP contribution is 2.22. The Labute approximate surface area is 239 Å². The van der Waals surface area contributed by atoms with E-state index in [1.54, 1.807) is 36.7 Å². The number of hydrogen-bond donors (Lipinski definition) is 0. The summed E-state index contributed by atoms with van der Waals surface area (Å²) in [6.07, 6.45) is 14.4. The molecule has 0 spiro atoms. The van der Waals surface area contributed by atoms with Crippen LogP contribution in [-0.4, -0.2) is 34.1 Å². The van der Waals surface area contributed by atoms with E-state index >= 15 is 0 Å². The summed E-state index contributed by atoms with van der Waals surface area (Å²) in [5.74, 6) is -0.0319. The smallest absolute Gasteiger partial charge is 0.338 e. The lowest BCUT2D eigenvalue weighted by atomic mass is 10.1. The number of aromatic nitrogens is 2. The molecule has 0 bridgehead atoms. The number of nitrogens with zero attached hydrogens (tertiary/aromatic N) is 2. The molecule has 0 aliphatic heterocycles. The van der Waals surface area contributed by atoms with Gasteiger partial charge in [-0.2, -0.15) is 0 Å². The molecule has 0 N–H and O–H groups in total. The van der Waals surface area contributed by atoms with E-state index in [1.165, 1.54) is 38.5 Å². The Morgan fingerprint density at radius 1 is 0.600 bits per heavy atom. The van der Waals surface area contributed by atoms with Crippen LogP contribution in [0.5, 0.6) is 0 Å². The summed E-state index contributed by atoms with van der Waals surface area (Å²) in [5, 5.41) is 0. The van der Waals surface area contributed by atoms with Crippen LogP contribution in [0.4, 0.5) is 0 Å². The number of rotatable bonds is 16. The molecule has 214 valence electrons. The van der Waals surface area contributed by atoms with Gasteiger partial charge in [0.1, 0.15) is 0 Å². The minimum absolute atomic E-state index is 0.0893. The van der Waals surface area contributed by atoms with Gasteiger partial charge in [-0.25, -0.2) is 19.6 Å². The zero-order valence-corrected chi connectivity index (χ0v) is 24.5. The van der Waals surface area contributed by atoms with E-state index in [4.69, 9.17) is 9.47 Å². The summed E-state index contributed by atoms with van der Waals surface area (Å²) < 4.78 is 11.2. The molecule has 1 heterocycles. The van der Waals surface area contributed by atoms with E-state index in [2.05, 4.69) is 23.8 Å². The molecule has 6 nitrogen and oxygen atoms in total. The highest BCUT2D eigenvalue weighted by atomic mass is 16.5. The van der Waals surface area contributed by atoms with Crippen LogP contribution >= 0.6 is 0 Å². The largest absolute Gasteiger partial charge is 0.459 e. The van der Waals surface area contributed by atoms with Crippen molar-refractivity contribution in [1.29, 1.82) is 0 Å². The molecule has 0 radical (unpaired) electrons. The van der Waals surface area contributed by atoms with Crippen LogP contribution in [-0.2, 0) is 9.47 Å². The predicted molar refractivity (Wildman–Crippen MR) is 160 cm³/mol. The van der Waals surface area contributed by atoms with E-state index in [9.17, 15) is 9.59 Å². The lowest BCUT2D eigenvalue weighted by Gasteiger charge is -2.13. The minimum atomic E-state index is -0.306. The van der Waals surface area contributed by atoms with Gasteiger partial charge in [0, 0.05) is 23.5 Å². The maximum atomic E-state index is 12.5. The summed E-state index contributed by atoms with van der Waals surface area (Å²) in [7, 11) is 0. The standard InChI is InChI=1S/C34H44N2O4/c1-5-7-9-11-13-25(3)39-33(37)29-19-15-27(16-20-29)31-23-35-32(36-24-31)28-17-21-30(22-18-28)34(38)40-26(4)14-12-10-8-6-2/h15-26H,5-14H2,1-4H3/t25-,26-/m1/s1. The Morgan fingerprint density at radius 3 is 1.45 bits per heavy atom. The van der Waals surface area contributed by atoms with Gasteiger partial charge in [-0.3, -0.25) is 0 Å². The Kier molecular flexibility index (Phi) is 12.8. The van der Waals surface area contributed by atoms with Gasteiger partial charge in [-0.05, 0) is 69.4 Å². The Morgan fingerprint density at radius 2 is 1.02 bits per heavy atom. The first-order chi connectivity index (χ1) is 19.4. The Balaban J connectivity index is 1.53. The van der Waals surface area contributed by atoms with Crippen molar-refractivity contribution >= 4 is 11.9 Å². The summed E-state index contributed by atoms with van der Waals surface area (Å²) in [4.78, 5) is 34.0. The highest BCUT2D eigenvalue weighted by Gasteiger charge is 2.14. The van der Waals surface area contributed by atoms with Gasteiger partial charge in [0.15, 0.2) is 5.82 Å². The van der Waals surface area contributed by atoms with Crippen LogP contribution in [0.2, 0.25) is 0 Å². The third kappa shape index (κ3) is 9.89. The lowest BCUT2D eigenvalue weighted by molar-refractivity contribution is 0.0309. The maximum absolute atomic E-state index is 12.5. The van der Waals surface area contributed by atoms with Crippen molar-refractivity contribution < 1.29 is 19.1 Å². The fourth-order valence-electron chi connectivity index (χ4n) is 4.52. The summed E-state index contributed by atoms with van der Waals surface area (Å²) >= 11 is 0. The molecule has 6 heteroatoms. The average Bonchev–Trinajstić information content (AvgIpc) is 2.98. The molecule has 0 amide bonds. The maximum Gasteiger partial charge on any atom is 0.338 e. The summed E-state index contributed by atoms with van der Waals surface area (Å²) in [6, 6.07) is 14.5. The van der Waals surface area contributed by atoms with Crippen LogP contribution in [0.15, 0.2) is 60.9 Å². The summed E-state index contributed by atoms with van der Waals surface area (Å²) in [6.45, 7) is 8.27. The predicted octanol–water partition coefficient (Wildman–Crippen LogP) is 8.84. The highest BCUT2D eigenvalue weighted by molar-refractivity contribution is 5.90. The van der Waals surface area contributed by atoms with Gasteiger partial charge in [0.2, 0.25) is 0 Å². The second-order valence-corrected chi connectivity index (χ2v) is 10.6. The van der Waals surface area contributed by atoms with Crippen LogP contribution < -0.4 is 0 Å². The van der Waals surface area contributed by atoms with Crippen LogP contribution in [0.1, 0.15) is 113 Å². The molecule has 0 saturated heterocycles. The molecule has 0 aliphatic rings. The first-order valence-corrected chi connectivity index (χ1v) is 14.9. The molecule has 1 aromatic heterocycles. The average molecular weight is 545 g/mol. The Hall–Kier alpha value is -3.54. The van der Waals surface area contributed by atoms with Crippen molar-refractivity contribution in [2.24, 2.45) is 0 Å². The van der Waals surface area contributed by atoms with Crippen LogP contribution in [0.3, 0.4) is 0 Å². The second-order valence-electron chi connectivity index (χ2n) is 10.6. The van der Waals surface area contributed by atoms with Gasteiger partial charge < -0.3 is 9.47 Å². The van der Waals surface area contributed by atoms with Gasteiger partial charge >= 0.3 is 11.9 Å². The van der Waals surface area contributed by atoms with E-state index in [0.29, 0.717) is 17.0 Å². The first-order valence-electron chi connectivity index (χ1n) is 14.9. The van der Waals surface area contributed by atoms with Crippen LogP contribution in [0, 0.1) is 0 Å². The van der Waals surface area contributed by atoms with Gasteiger partial charge in [-0.1, -0.05) is 76.6 Å². The fourth-order valence-corrected chi connectivity index (χ4v) is 4.52. The molecule has 0 unspecified atom stereocenters. The number of esters is 2. The normalized spacial score (nSPS) is 12.5. The minimum Gasteiger partial charge on any atom is -0.459 e. The van der Waals surface area contributed by atoms with Crippen molar-refractivity contribution in [3.05, 3.63) is 72.1 Å². The van der Waals surface area contributed by atoms with Gasteiger partial charge in [-0.15, -0.1) is 0 Å². The quantitative estimate of drug-likeness (QED) is 0.132. The number of unbranched alkanes of at least 4 members (excludes halogenated alkanes) is 6. The molecule has 0 fully saturated rings. The van der Waals surface area contributed by atoms with Crippen molar-refractivity contribution in [2.75, 3.05) is 0 Å². The van der Waals surface area contributed by atoms with Crippen molar-refractivity contribution in [1.82, 2.24) is 9.97 Å². The third-order valence-corrected chi connectivity index (χ3v) is 7.03.